The number of hydrogen-bond donors (Lipinski definition) is 1. The molecule has 1 aromatic carbocycles. The van der Waals surface area contributed by atoms with E-state index in [0.717, 1.165) is 11.3 Å². The van der Waals surface area contributed by atoms with E-state index < -0.39 is 0 Å². The van der Waals surface area contributed by atoms with Crippen LogP contribution in [0.4, 0.5) is 4.39 Å². The third kappa shape index (κ3) is 3.20. The standard InChI is InChI=1S/C12H18FNO/c1-4-15-12-5-8(2)11(13)7-10(12)6-9(3)14/h5,7,9H,4,6,14H2,1-3H3. The first-order valence-electron chi connectivity index (χ1n) is 5.22. The van der Waals surface area contributed by atoms with Gasteiger partial charge in [0, 0.05) is 6.04 Å². The summed E-state index contributed by atoms with van der Waals surface area (Å²) in [6.45, 7) is 6.12. The summed E-state index contributed by atoms with van der Waals surface area (Å²) in [6, 6.07) is 3.26. The second kappa shape index (κ2) is 5.12. The summed E-state index contributed by atoms with van der Waals surface area (Å²) in [6.07, 6.45) is 0.631. The van der Waals surface area contributed by atoms with E-state index in [-0.39, 0.29) is 11.9 Å². The normalized spacial score (nSPS) is 12.6. The fourth-order valence-corrected chi connectivity index (χ4v) is 1.49. The van der Waals surface area contributed by atoms with Crippen LogP contribution < -0.4 is 10.5 Å². The lowest BCUT2D eigenvalue weighted by molar-refractivity contribution is 0.334. The molecule has 0 amide bonds. The van der Waals surface area contributed by atoms with Gasteiger partial charge in [0.05, 0.1) is 6.61 Å². The summed E-state index contributed by atoms with van der Waals surface area (Å²) in [7, 11) is 0. The molecular formula is C12H18FNO. The van der Waals surface area contributed by atoms with Gasteiger partial charge in [-0.05, 0) is 50.5 Å². The number of hydrogen-bond acceptors (Lipinski definition) is 2. The maximum Gasteiger partial charge on any atom is 0.126 e. The molecular weight excluding hydrogens is 193 g/mol. The van der Waals surface area contributed by atoms with Crippen molar-refractivity contribution < 1.29 is 9.13 Å². The van der Waals surface area contributed by atoms with Crippen molar-refractivity contribution in [1.82, 2.24) is 0 Å². The molecule has 0 saturated heterocycles. The van der Waals surface area contributed by atoms with Crippen molar-refractivity contribution in [2.75, 3.05) is 6.61 Å². The van der Waals surface area contributed by atoms with Gasteiger partial charge in [-0.25, -0.2) is 4.39 Å². The average Bonchev–Trinajstić information content (AvgIpc) is 2.13. The number of benzene rings is 1. The summed E-state index contributed by atoms with van der Waals surface area (Å²) >= 11 is 0. The van der Waals surface area contributed by atoms with Crippen LogP contribution in [0.25, 0.3) is 0 Å². The van der Waals surface area contributed by atoms with Crippen molar-refractivity contribution in [3.63, 3.8) is 0 Å². The molecule has 0 radical (unpaired) electrons. The molecule has 1 unspecified atom stereocenters. The lowest BCUT2D eigenvalue weighted by Gasteiger charge is -2.13. The van der Waals surface area contributed by atoms with Crippen molar-refractivity contribution in [2.24, 2.45) is 5.73 Å². The summed E-state index contributed by atoms with van der Waals surface area (Å²) in [5, 5.41) is 0. The van der Waals surface area contributed by atoms with E-state index in [2.05, 4.69) is 0 Å². The molecule has 3 heteroatoms. The predicted octanol–water partition coefficient (Wildman–Crippen LogP) is 2.42. The van der Waals surface area contributed by atoms with Gasteiger partial charge >= 0.3 is 0 Å². The molecule has 15 heavy (non-hydrogen) atoms. The highest BCUT2D eigenvalue weighted by molar-refractivity contribution is 5.38. The highest BCUT2D eigenvalue weighted by Gasteiger charge is 2.09. The van der Waals surface area contributed by atoms with Crippen molar-refractivity contribution in [2.45, 2.75) is 33.2 Å². The van der Waals surface area contributed by atoms with Gasteiger partial charge in [-0.2, -0.15) is 0 Å². The Morgan fingerprint density at radius 1 is 1.47 bits per heavy atom. The minimum absolute atomic E-state index is 0.00584. The zero-order valence-corrected chi connectivity index (χ0v) is 9.51. The van der Waals surface area contributed by atoms with Crippen LogP contribution in [-0.4, -0.2) is 12.6 Å². The molecule has 0 bridgehead atoms. The van der Waals surface area contributed by atoms with E-state index >= 15 is 0 Å². The van der Waals surface area contributed by atoms with Gasteiger partial charge in [0.15, 0.2) is 0 Å². The number of rotatable bonds is 4. The van der Waals surface area contributed by atoms with Crippen LogP contribution in [0.3, 0.4) is 0 Å². The smallest absolute Gasteiger partial charge is 0.126 e. The summed E-state index contributed by atoms with van der Waals surface area (Å²) in [5.74, 6) is 0.544. The maximum atomic E-state index is 13.4. The lowest BCUT2D eigenvalue weighted by Crippen LogP contribution is -2.18. The first-order valence-corrected chi connectivity index (χ1v) is 5.22. The molecule has 1 aromatic rings. The van der Waals surface area contributed by atoms with Crippen LogP contribution in [0.5, 0.6) is 5.75 Å². The van der Waals surface area contributed by atoms with E-state index in [4.69, 9.17) is 10.5 Å². The second-order valence-corrected chi connectivity index (χ2v) is 3.82. The van der Waals surface area contributed by atoms with Gasteiger partial charge < -0.3 is 10.5 Å². The Balaban J connectivity index is 3.04. The largest absolute Gasteiger partial charge is 0.494 e. The van der Waals surface area contributed by atoms with Gasteiger partial charge in [0.25, 0.3) is 0 Å². The van der Waals surface area contributed by atoms with Crippen molar-refractivity contribution in [1.29, 1.82) is 0 Å². The molecule has 0 aromatic heterocycles. The Kier molecular flexibility index (Phi) is 4.09. The lowest BCUT2D eigenvalue weighted by atomic mass is 10.0. The highest BCUT2D eigenvalue weighted by atomic mass is 19.1. The number of halogens is 1. The maximum absolute atomic E-state index is 13.4. The fraction of sp³-hybridized carbons (Fsp3) is 0.500. The number of nitrogens with two attached hydrogens (primary N) is 1. The Morgan fingerprint density at radius 3 is 2.67 bits per heavy atom. The number of ether oxygens (including phenoxy) is 1. The molecule has 2 nitrogen and oxygen atoms in total. The molecule has 1 atom stereocenters. The SMILES string of the molecule is CCOc1cc(C)c(F)cc1CC(C)N. The van der Waals surface area contributed by atoms with Crippen molar-refractivity contribution in [3.05, 3.63) is 29.1 Å². The van der Waals surface area contributed by atoms with Crippen molar-refractivity contribution >= 4 is 0 Å². The van der Waals surface area contributed by atoms with Gasteiger partial charge in [0.2, 0.25) is 0 Å². The zero-order chi connectivity index (χ0) is 11.4. The van der Waals surface area contributed by atoms with Crippen LogP contribution in [0.1, 0.15) is 25.0 Å². The van der Waals surface area contributed by atoms with E-state index in [1.165, 1.54) is 6.07 Å². The molecule has 0 aliphatic rings. The predicted molar refractivity (Wildman–Crippen MR) is 59.7 cm³/mol. The van der Waals surface area contributed by atoms with Crippen LogP contribution >= 0.6 is 0 Å². The Morgan fingerprint density at radius 2 is 2.13 bits per heavy atom. The van der Waals surface area contributed by atoms with E-state index in [9.17, 15) is 4.39 Å². The second-order valence-electron chi connectivity index (χ2n) is 3.82. The van der Waals surface area contributed by atoms with Crippen LogP contribution in [0.15, 0.2) is 12.1 Å². The quantitative estimate of drug-likeness (QED) is 0.830. The third-order valence-corrected chi connectivity index (χ3v) is 2.18. The van der Waals surface area contributed by atoms with Crippen molar-refractivity contribution in [3.8, 4) is 5.75 Å². The van der Waals surface area contributed by atoms with E-state index in [1.807, 2.05) is 13.8 Å². The molecule has 0 fully saturated rings. The minimum Gasteiger partial charge on any atom is -0.494 e. The molecule has 2 N–H and O–H groups in total. The molecule has 84 valence electrons. The Bertz CT molecular complexity index is 337. The Labute approximate surface area is 90.2 Å². The van der Waals surface area contributed by atoms with Gasteiger partial charge in [0.1, 0.15) is 11.6 Å². The van der Waals surface area contributed by atoms with E-state index in [0.29, 0.717) is 18.6 Å². The molecule has 0 saturated carbocycles. The first kappa shape index (κ1) is 12.0. The summed E-state index contributed by atoms with van der Waals surface area (Å²) in [4.78, 5) is 0. The molecule has 0 heterocycles. The minimum atomic E-state index is -0.200. The molecule has 1 rings (SSSR count). The van der Waals surface area contributed by atoms with Crippen LogP contribution in [0, 0.1) is 12.7 Å². The average molecular weight is 211 g/mol. The highest BCUT2D eigenvalue weighted by Crippen LogP contribution is 2.23. The zero-order valence-electron chi connectivity index (χ0n) is 9.51. The fourth-order valence-electron chi connectivity index (χ4n) is 1.49. The third-order valence-electron chi connectivity index (χ3n) is 2.18. The first-order chi connectivity index (χ1) is 7.04. The molecule has 0 spiro atoms. The van der Waals surface area contributed by atoms with Crippen LogP contribution in [-0.2, 0) is 6.42 Å². The number of aryl methyl sites for hydroxylation is 1. The topological polar surface area (TPSA) is 35.2 Å². The summed E-state index contributed by atoms with van der Waals surface area (Å²) < 4.78 is 18.8. The van der Waals surface area contributed by atoms with Gasteiger partial charge in [-0.1, -0.05) is 0 Å². The monoisotopic (exact) mass is 211 g/mol. The van der Waals surface area contributed by atoms with Gasteiger partial charge in [-0.3, -0.25) is 0 Å². The molecule has 0 aliphatic heterocycles. The van der Waals surface area contributed by atoms with Gasteiger partial charge in [-0.15, -0.1) is 0 Å². The summed E-state index contributed by atoms with van der Waals surface area (Å²) in [5.41, 5.74) is 7.15. The van der Waals surface area contributed by atoms with Crippen LogP contribution in [0.2, 0.25) is 0 Å². The van der Waals surface area contributed by atoms with E-state index in [1.54, 1.807) is 13.0 Å². The Hall–Kier alpha value is -1.09. The molecule has 0 aliphatic carbocycles.